The molecule has 11 heteroatoms. The normalized spacial score (nSPS) is 15.0. The molecule has 0 aliphatic rings. The van der Waals surface area contributed by atoms with Gasteiger partial charge in [0.15, 0.2) is 6.10 Å². The molecule has 2 atom stereocenters. The van der Waals surface area contributed by atoms with E-state index in [0.717, 1.165) is 24.3 Å². The molecule has 2 nitrogen and oxygen atoms in total. The maximum atomic E-state index is 13.1. The number of ether oxygens (including phenoxy) is 1. The van der Waals surface area contributed by atoms with Crippen LogP contribution in [0.2, 0.25) is 0 Å². The van der Waals surface area contributed by atoms with Crippen molar-refractivity contribution in [2.75, 3.05) is 6.61 Å². The van der Waals surface area contributed by atoms with Gasteiger partial charge in [-0.15, -0.1) is 0 Å². The van der Waals surface area contributed by atoms with Crippen molar-refractivity contribution < 1.29 is 49.4 Å². The van der Waals surface area contributed by atoms with Crippen LogP contribution in [0, 0.1) is 0 Å². The van der Waals surface area contributed by atoms with Gasteiger partial charge in [-0.2, -0.15) is 39.5 Å². The van der Waals surface area contributed by atoms with Gasteiger partial charge in [0.1, 0.15) is 0 Å². The standard InChI is InChI=1S/C21H19F9O2/c1-2-7-32-18(21(28,29)30)11-17(31)13-5-3-12(4-6-13)14-8-15(19(22,23)24)10-16(9-14)20(25,26)27/h3-6,8-10,17-18,31H,2,7,11H2,1H3. The second-order valence-corrected chi connectivity index (χ2v) is 7.07. The molecule has 0 saturated carbocycles. The lowest BCUT2D eigenvalue weighted by atomic mass is 9.96. The van der Waals surface area contributed by atoms with E-state index in [9.17, 15) is 44.6 Å². The molecule has 0 aliphatic heterocycles. The average Bonchev–Trinajstić information content (AvgIpc) is 2.68. The molecule has 0 amide bonds. The van der Waals surface area contributed by atoms with E-state index in [1.54, 1.807) is 6.92 Å². The van der Waals surface area contributed by atoms with Crippen molar-refractivity contribution in [3.8, 4) is 11.1 Å². The van der Waals surface area contributed by atoms with Gasteiger partial charge in [-0.05, 0) is 41.3 Å². The summed E-state index contributed by atoms with van der Waals surface area (Å²) in [5.74, 6) is 0. The zero-order valence-electron chi connectivity index (χ0n) is 16.6. The van der Waals surface area contributed by atoms with E-state index >= 15 is 0 Å². The highest BCUT2D eigenvalue weighted by Gasteiger charge is 2.42. The summed E-state index contributed by atoms with van der Waals surface area (Å²) >= 11 is 0. The lowest BCUT2D eigenvalue weighted by Crippen LogP contribution is -2.33. The Morgan fingerprint density at radius 1 is 0.781 bits per heavy atom. The third-order valence-corrected chi connectivity index (χ3v) is 4.54. The van der Waals surface area contributed by atoms with Gasteiger partial charge in [-0.3, -0.25) is 0 Å². The Hall–Kier alpha value is -2.27. The Bertz CT molecular complexity index is 852. The van der Waals surface area contributed by atoms with Gasteiger partial charge in [0, 0.05) is 13.0 Å². The number of alkyl halides is 9. The van der Waals surface area contributed by atoms with Crippen molar-refractivity contribution in [3.63, 3.8) is 0 Å². The van der Waals surface area contributed by atoms with Crippen molar-refractivity contribution in [3.05, 3.63) is 59.2 Å². The number of aliphatic hydroxyl groups is 1. The first-order valence-electron chi connectivity index (χ1n) is 9.39. The first-order valence-corrected chi connectivity index (χ1v) is 9.39. The fraction of sp³-hybridized carbons (Fsp3) is 0.429. The Morgan fingerprint density at radius 3 is 1.69 bits per heavy atom. The second kappa shape index (κ2) is 9.70. The van der Waals surface area contributed by atoms with Gasteiger partial charge < -0.3 is 9.84 Å². The summed E-state index contributed by atoms with van der Waals surface area (Å²) < 4.78 is 122. The lowest BCUT2D eigenvalue weighted by molar-refractivity contribution is -0.227. The third kappa shape index (κ3) is 6.86. The van der Waals surface area contributed by atoms with E-state index in [2.05, 4.69) is 0 Å². The Morgan fingerprint density at radius 2 is 1.28 bits per heavy atom. The minimum absolute atomic E-state index is 0.00476. The molecule has 0 aliphatic carbocycles. The van der Waals surface area contributed by atoms with E-state index in [4.69, 9.17) is 4.74 Å². The first-order chi connectivity index (χ1) is 14.6. The van der Waals surface area contributed by atoms with E-state index in [-0.39, 0.29) is 29.4 Å². The van der Waals surface area contributed by atoms with Crippen LogP contribution >= 0.6 is 0 Å². The summed E-state index contributed by atoms with van der Waals surface area (Å²) in [5, 5.41) is 10.1. The minimum atomic E-state index is -5.02. The minimum Gasteiger partial charge on any atom is -0.388 e. The van der Waals surface area contributed by atoms with Gasteiger partial charge in [0.2, 0.25) is 0 Å². The summed E-state index contributed by atoms with van der Waals surface area (Å²) in [6.45, 7) is 1.44. The summed E-state index contributed by atoms with van der Waals surface area (Å²) in [6, 6.07) is 5.61. The molecule has 0 bridgehead atoms. The smallest absolute Gasteiger partial charge is 0.388 e. The molecule has 178 valence electrons. The average molecular weight is 474 g/mol. The zero-order chi connectivity index (χ0) is 24.3. The highest BCUT2D eigenvalue weighted by Crippen LogP contribution is 2.39. The molecule has 0 radical (unpaired) electrons. The van der Waals surface area contributed by atoms with Crippen molar-refractivity contribution in [2.24, 2.45) is 0 Å². The molecule has 2 aromatic rings. The first kappa shape index (κ1) is 26.0. The van der Waals surface area contributed by atoms with Crippen molar-refractivity contribution >= 4 is 0 Å². The Balaban J connectivity index is 2.32. The second-order valence-electron chi connectivity index (χ2n) is 7.07. The molecule has 1 N–H and O–H groups in total. The van der Waals surface area contributed by atoms with Crippen LogP contribution in [-0.4, -0.2) is 24.0 Å². The van der Waals surface area contributed by atoms with Crippen molar-refractivity contribution in [1.82, 2.24) is 0 Å². The van der Waals surface area contributed by atoms with Crippen LogP contribution in [0.4, 0.5) is 39.5 Å². The fourth-order valence-electron chi connectivity index (χ4n) is 2.91. The molecule has 2 unspecified atom stereocenters. The number of rotatable bonds is 7. The van der Waals surface area contributed by atoms with Crippen molar-refractivity contribution in [2.45, 2.75) is 50.5 Å². The lowest BCUT2D eigenvalue weighted by Gasteiger charge is -2.23. The maximum absolute atomic E-state index is 13.1. The van der Waals surface area contributed by atoms with Crippen LogP contribution in [-0.2, 0) is 17.1 Å². The monoisotopic (exact) mass is 474 g/mol. The number of halogens is 9. The number of hydrogen-bond acceptors (Lipinski definition) is 2. The molecular weight excluding hydrogens is 455 g/mol. The van der Waals surface area contributed by atoms with Crippen molar-refractivity contribution in [1.29, 1.82) is 0 Å². The van der Waals surface area contributed by atoms with Gasteiger partial charge in [0.25, 0.3) is 0 Å². The number of benzene rings is 2. The maximum Gasteiger partial charge on any atom is 0.416 e. The molecule has 0 fully saturated rings. The van der Waals surface area contributed by atoms with Gasteiger partial charge in [0.05, 0.1) is 17.2 Å². The molecule has 32 heavy (non-hydrogen) atoms. The van der Waals surface area contributed by atoms with Gasteiger partial charge >= 0.3 is 18.5 Å². The Labute approximate surface area is 177 Å². The Kier molecular flexibility index (Phi) is 7.87. The summed E-state index contributed by atoms with van der Waals surface area (Å²) in [4.78, 5) is 0. The molecular formula is C21H19F9O2. The molecule has 0 heterocycles. The van der Waals surface area contributed by atoms with Gasteiger partial charge in [-0.25, -0.2) is 0 Å². The molecule has 2 aromatic carbocycles. The van der Waals surface area contributed by atoms with E-state index in [0.29, 0.717) is 18.6 Å². The highest BCUT2D eigenvalue weighted by atomic mass is 19.4. The van der Waals surface area contributed by atoms with E-state index in [1.807, 2.05) is 0 Å². The third-order valence-electron chi connectivity index (χ3n) is 4.54. The highest BCUT2D eigenvalue weighted by molar-refractivity contribution is 5.66. The molecule has 0 spiro atoms. The number of aliphatic hydroxyl groups excluding tert-OH is 1. The predicted molar refractivity (Wildman–Crippen MR) is 97.5 cm³/mol. The van der Waals surface area contributed by atoms with E-state index < -0.39 is 48.3 Å². The van der Waals surface area contributed by atoms with Crippen LogP contribution in [0.15, 0.2) is 42.5 Å². The molecule has 2 rings (SSSR count). The van der Waals surface area contributed by atoms with Crippen LogP contribution < -0.4 is 0 Å². The molecule has 0 aromatic heterocycles. The largest absolute Gasteiger partial charge is 0.416 e. The van der Waals surface area contributed by atoms with Crippen LogP contribution in [0.3, 0.4) is 0 Å². The predicted octanol–water partition coefficient (Wildman–Crippen LogP) is 7.17. The zero-order valence-corrected chi connectivity index (χ0v) is 16.6. The van der Waals surface area contributed by atoms with E-state index in [1.165, 1.54) is 0 Å². The SMILES string of the molecule is CCCOC(CC(O)c1ccc(-c2cc(C(F)(F)F)cc(C(F)(F)F)c2)cc1)C(F)(F)F. The fourth-order valence-corrected chi connectivity index (χ4v) is 2.91. The summed E-state index contributed by atoms with van der Waals surface area (Å²) in [6.07, 6.45) is -19.1. The number of hydrogen-bond donors (Lipinski definition) is 1. The van der Waals surface area contributed by atoms with Crippen LogP contribution in [0.25, 0.3) is 11.1 Å². The summed E-state index contributed by atoms with van der Waals surface area (Å²) in [7, 11) is 0. The quantitative estimate of drug-likeness (QED) is 0.431. The van der Waals surface area contributed by atoms with Gasteiger partial charge in [-0.1, -0.05) is 31.2 Å². The topological polar surface area (TPSA) is 29.5 Å². The molecule has 0 saturated heterocycles. The van der Waals surface area contributed by atoms with Crippen LogP contribution in [0.5, 0.6) is 0 Å². The summed E-state index contributed by atoms with van der Waals surface area (Å²) in [5.41, 5.74) is -3.40. The van der Waals surface area contributed by atoms with Crippen LogP contribution in [0.1, 0.15) is 42.6 Å².